The lowest BCUT2D eigenvalue weighted by atomic mass is 9.59. The molecule has 3 aliphatic carbocycles. The van der Waals surface area contributed by atoms with Crippen molar-refractivity contribution in [3.8, 4) is 11.5 Å². The van der Waals surface area contributed by atoms with Gasteiger partial charge in [0.25, 0.3) is 0 Å². The maximum atomic E-state index is 13.7. The monoisotopic (exact) mass is 579 g/mol. The fourth-order valence-electron chi connectivity index (χ4n) is 6.25. The summed E-state index contributed by atoms with van der Waals surface area (Å²) in [5, 5.41) is 12.4. The zero-order chi connectivity index (χ0) is 26.0. The Morgan fingerprint density at radius 3 is 2.65 bits per heavy atom. The molecule has 0 radical (unpaired) electrons. The fraction of sp³-hybridized carbons (Fsp3) is 0.286. The number of imide groups is 1. The van der Waals surface area contributed by atoms with Gasteiger partial charge in [0.1, 0.15) is 0 Å². The Morgan fingerprint density at radius 2 is 1.95 bits per heavy atom. The van der Waals surface area contributed by atoms with Crippen molar-refractivity contribution in [1.82, 2.24) is 4.90 Å². The molecule has 7 nitrogen and oxygen atoms in total. The quantitative estimate of drug-likeness (QED) is 0.327. The van der Waals surface area contributed by atoms with E-state index >= 15 is 0 Å². The maximum absolute atomic E-state index is 13.7. The molecule has 1 aromatic carbocycles. The number of ether oxygens (including phenoxy) is 1. The Balaban J connectivity index is 1.46. The number of likely N-dealkylation sites (tertiary alicyclic amines) is 1. The predicted molar refractivity (Wildman–Crippen MR) is 139 cm³/mol. The van der Waals surface area contributed by atoms with Gasteiger partial charge >= 0.3 is 0 Å². The van der Waals surface area contributed by atoms with E-state index < -0.39 is 23.7 Å². The van der Waals surface area contributed by atoms with Gasteiger partial charge in [0.05, 0.1) is 30.0 Å². The van der Waals surface area contributed by atoms with Crippen molar-refractivity contribution >= 4 is 50.6 Å². The Morgan fingerprint density at radius 1 is 1.14 bits per heavy atom. The molecule has 9 heteroatoms. The largest absolute Gasteiger partial charge is 0.504 e. The third-order valence-electron chi connectivity index (χ3n) is 7.85. The summed E-state index contributed by atoms with van der Waals surface area (Å²) in [5.41, 5.74) is 2.20. The smallest absolute Gasteiger partial charge is 0.234 e. The van der Waals surface area contributed by atoms with Crippen LogP contribution in [0.3, 0.4) is 0 Å². The zero-order valence-electron chi connectivity index (χ0n) is 19.8. The number of ketones is 2. The highest BCUT2D eigenvalue weighted by atomic mass is 79.9. The Hall–Kier alpha value is -3.30. The number of phenols is 1. The van der Waals surface area contributed by atoms with E-state index in [1.54, 1.807) is 18.2 Å². The minimum Gasteiger partial charge on any atom is -0.504 e. The average Bonchev–Trinajstić information content (AvgIpc) is 3.49. The van der Waals surface area contributed by atoms with Crippen LogP contribution >= 0.6 is 27.3 Å². The van der Waals surface area contributed by atoms with E-state index in [0.717, 1.165) is 10.5 Å². The standard InChI is InChI=1S/C28H22BrNO6S/c1-36-22-7-4-13(9-20(22)31)23-15-5-6-16-24(28(35)30(27(16)34)12-14-3-2-8-37-14)17(15)10-18-25(23)21(32)11-19(29)26(18)33/h2-5,7-9,11,16-17,23-24,31H,6,10,12H2,1H3/t16-,17+,23-,24-/m0/s1. The molecule has 4 atom stereocenters. The maximum Gasteiger partial charge on any atom is 0.234 e. The van der Waals surface area contributed by atoms with Gasteiger partial charge in [-0.2, -0.15) is 0 Å². The summed E-state index contributed by atoms with van der Waals surface area (Å²) in [6.45, 7) is 0.236. The Kier molecular flexibility index (Phi) is 5.80. The minimum absolute atomic E-state index is 0.0842. The third-order valence-corrected chi connectivity index (χ3v) is 9.30. The Labute approximate surface area is 225 Å². The van der Waals surface area contributed by atoms with Crippen LogP contribution in [-0.4, -0.2) is 40.5 Å². The van der Waals surface area contributed by atoms with Gasteiger partial charge in [-0.1, -0.05) is 23.8 Å². The summed E-state index contributed by atoms with van der Waals surface area (Å²) >= 11 is 4.72. The molecule has 0 saturated carbocycles. The number of hydrogen-bond donors (Lipinski definition) is 1. The number of carbonyl (C=O) groups excluding carboxylic acids is 4. The van der Waals surface area contributed by atoms with E-state index in [1.165, 1.54) is 29.4 Å². The fourth-order valence-corrected chi connectivity index (χ4v) is 7.39. The van der Waals surface area contributed by atoms with Crippen molar-refractivity contribution in [1.29, 1.82) is 0 Å². The number of phenolic OH excluding ortho intramolecular Hbond substituents is 1. The first-order valence-electron chi connectivity index (χ1n) is 11.9. The molecule has 6 rings (SSSR count). The van der Waals surface area contributed by atoms with E-state index in [1.807, 2.05) is 23.6 Å². The predicted octanol–water partition coefficient (Wildman–Crippen LogP) is 4.42. The summed E-state index contributed by atoms with van der Waals surface area (Å²) in [6, 6.07) is 8.71. The summed E-state index contributed by atoms with van der Waals surface area (Å²) in [7, 11) is 1.45. The van der Waals surface area contributed by atoms with Gasteiger partial charge in [0.15, 0.2) is 23.1 Å². The highest BCUT2D eigenvalue weighted by Crippen LogP contribution is 2.55. The lowest BCUT2D eigenvalue weighted by Gasteiger charge is -2.42. The lowest BCUT2D eigenvalue weighted by molar-refractivity contribution is -0.140. The van der Waals surface area contributed by atoms with Gasteiger partial charge in [0, 0.05) is 28.0 Å². The number of carbonyl (C=O) groups is 4. The molecule has 1 N–H and O–H groups in total. The topological polar surface area (TPSA) is 101 Å². The summed E-state index contributed by atoms with van der Waals surface area (Å²) in [6.07, 6.45) is 3.84. The van der Waals surface area contributed by atoms with Gasteiger partial charge < -0.3 is 9.84 Å². The first-order valence-corrected chi connectivity index (χ1v) is 13.6. The molecule has 2 heterocycles. The van der Waals surface area contributed by atoms with Crippen molar-refractivity contribution in [3.63, 3.8) is 0 Å². The van der Waals surface area contributed by atoms with E-state index in [9.17, 15) is 24.3 Å². The van der Waals surface area contributed by atoms with Crippen LogP contribution < -0.4 is 4.74 Å². The van der Waals surface area contributed by atoms with Gasteiger partial charge in [-0.25, -0.2) is 0 Å². The molecule has 1 aromatic heterocycles. The van der Waals surface area contributed by atoms with Gasteiger partial charge in [-0.15, -0.1) is 11.3 Å². The number of nitrogens with zero attached hydrogens (tertiary/aromatic N) is 1. The van der Waals surface area contributed by atoms with Crippen molar-refractivity contribution in [3.05, 3.63) is 79.5 Å². The van der Waals surface area contributed by atoms with Crippen LogP contribution in [0, 0.1) is 17.8 Å². The molecule has 2 aromatic rings. The number of Topliss-reactive ketones (excluding diaryl/α,β-unsaturated/α-hetero) is 1. The number of allylic oxidation sites excluding steroid dienone is 6. The highest BCUT2D eigenvalue weighted by molar-refractivity contribution is 9.12. The second kappa shape index (κ2) is 8.92. The van der Waals surface area contributed by atoms with E-state index in [0.29, 0.717) is 23.1 Å². The summed E-state index contributed by atoms with van der Waals surface area (Å²) in [5.74, 6) is -2.92. The molecule has 4 aliphatic rings. The second-order valence-corrected chi connectivity index (χ2v) is 11.6. The van der Waals surface area contributed by atoms with Crippen molar-refractivity contribution < 1.29 is 29.0 Å². The molecule has 0 bridgehead atoms. The summed E-state index contributed by atoms with van der Waals surface area (Å²) < 4.78 is 5.37. The van der Waals surface area contributed by atoms with Crippen LogP contribution in [0.1, 0.15) is 29.2 Å². The molecule has 37 heavy (non-hydrogen) atoms. The zero-order valence-corrected chi connectivity index (χ0v) is 22.2. The normalized spacial score (nSPS) is 27.0. The van der Waals surface area contributed by atoms with Gasteiger partial charge in [0.2, 0.25) is 11.8 Å². The second-order valence-electron chi connectivity index (χ2n) is 9.67. The third kappa shape index (κ3) is 3.67. The first kappa shape index (κ1) is 24.1. The van der Waals surface area contributed by atoms with Crippen LogP contribution in [0.4, 0.5) is 0 Å². The van der Waals surface area contributed by atoms with E-state index in [2.05, 4.69) is 15.9 Å². The van der Waals surface area contributed by atoms with Crippen molar-refractivity contribution in [2.75, 3.05) is 7.11 Å². The van der Waals surface area contributed by atoms with Gasteiger partial charge in [-0.3, -0.25) is 24.1 Å². The summed E-state index contributed by atoms with van der Waals surface area (Å²) in [4.78, 5) is 55.9. The molecule has 0 spiro atoms. The highest BCUT2D eigenvalue weighted by Gasteiger charge is 2.56. The van der Waals surface area contributed by atoms with Crippen molar-refractivity contribution in [2.24, 2.45) is 17.8 Å². The number of aromatic hydroxyl groups is 1. The minimum atomic E-state index is -0.617. The van der Waals surface area contributed by atoms with Crippen molar-refractivity contribution in [2.45, 2.75) is 25.3 Å². The molecule has 2 amide bonds. The SMILES string of the molecule is COc1ccc([C@H]2C3=CC[C@@H]4C(=O)N(Cc5cccs5)C(=O)[C@@H]4[C@@H]3CC3=C2C(=O)C=C(Br)C3=O)cc1O. The van der Waals surface area contributed by atoms with E-state index in [-0.39, 0.29) is 52.3 Å². The number of amides is 2. The molecule has 1 fully saturated rings. The van der Waals surface area contributed by atoms with E-state index in [4.69, 9.17) is 4.74 Å². The molecular weight excluding hydrogens is 558 g/mol. The van der Waals surface area contributed by atoms with Crippen LogP contribution in [0.2, 0.25) is 0 Å². The number of halogens is 1. The number of rotatable bonds is 4. The molecule has 1 saturated heterocycles. The average molecular weight is 580 g/mol. The van der Waals surface area contributed by atoms with Crippen LogP contribution in [0.15, 0.2) is 69.1 Å². The van der Waals surface area contributed by atoms with Crippen LogP contribution in [0.5, 0.6) is 11.5 Å². The number of thiophene rings is 1. The first-order chi connectivity index (χ1) is 17.8. The molecule has 188 valence electrons. The van der Waals surface area contributed by atoms with Crippen LogP contribution in [0.25, 0.3) is 0 Å². The number of fused-ring (bicyclic) bond motifs is 3. The number of benzene rings is 1. The van der Waals surface area contributed by atoms with Crippen LogP contribution in [-0.2, 0) is 25.7 Å². The lowest BCUT2D eigenvalue weighted by Crippen LogP contribution is -2.39. The molecule has 1 aliphatic heterocycles. The Bertz CT molecular complexity index is 1470. The molecular formula is C28H22BrNO6S. The number of hydrogen-bond acceptors (Lipinski definition) is 7. The number of methoxy groups -OCH3 is 1. The molecule has 0 unspecified atom stereocenters. The van der Waals surface area contributed by atoms with Gasteiger partial charge in [-0.05, 0) is 63.8 Å².